The van der Waals surface area contributed by atoms with Gasteiger partial charge in [0.2, 0.25) is 0 Å². The van der Waals surface area contributed by atoms with E-state index < -0.39 is 94.6 Å². The first-order valence-electron chi connectivity index (χ1n) is 35.5. The van der Waals surface area contributed by atoms with Crippen LogP contribution in [0.25, 0.3) is 0 Å². The first-order chi connectivity index (χ1) is 45.1. The lowest BCUT2D eigenvalue weighted by Crippen LogP contribution is -2.40. The van der Waals surface area contributed by atoms with Crippen LogP contribution in [0.15, 0.2) is 0 Å². The fourth-order valence-electron chi connectivity index (χ4n) is 9.39. The second kappa shape index (κ2) is 49.8. The zero-order valence-corrected chi connectivity index (χ0v) is 64.7. The molecule has 0 rings (SSSR count). The summed E-state index contributed by atoms with van der Waals surface area (Å²) >= 11 is 0. The van der Waals surface area contributed by atoms with Crippen molar-refractivity contribution < 1.29 is 86.5 Å². The molecule has 0 bridgehead atoms. The number of unbranched alkanes of at least 4 members (excludes halogenated alkanes) is 2. The lowest BCUT2D eigenvalue weighted by Gasteiger charge is -2.26. The van der Waals surface area contributed by atoms with Crippen molar-refractivity contribution in [1.29, 1.82) is 0 Å². The van der Waals surface area contributed by atoms with Crippen LogP contribution in [-0.2, 0) is 47.5 Å². The molecule has 0 aliphatic heterocycles. The molecule has 0 heterocycles. The van der Waals surface area contributed by atoms with Crippen molar-refractivity contribution in [3.8, 4) is 0 Å². The number of carbonyl (C=O) groups is 8. The molecule has 8 N–H and O–H groups in total. The van der Waals surface area contributed by atoms with Gasteiger partial charge in [-0.2, -0.15) is 0 Å². The average Bonchev–Trinajstić information content (AvgIpc) is 1.26. The van der Waals surface area contributed by atoms with Gasteiger partial charge in [0.1, 0.15) is 45.8 Å². The number of alkyl carbamates (subject to hydrolysis) is 6. The standard InChI is InChI=1S/C50H98N8O13.C20H40N2O5/c1-38(59)35-56(30-18-24-51-42(61)66-39(2)36-57(29-17-16-23-41(60)68-47(4,5)6)32-20-26-53-44(63)69-48(7,8)9)31-19-25-52-43(62)67-40(3)37-58(33-21-27-54-45(64)70-49(10,11)12)34-22-28-55-46(65)71-50(13,14)15;1-16(23)15-22(13-9-8-11-17(24)26-19(2,3)4)14-10-12-21-18(25)27-20(5,6)7/h38-40,59H,16-37H2,1-15H3,(H,51,61)(H,52,62)(H,53,63)(H,54,64)(H,55,65);16,23H,8-15H2,1-7H3,(H,21,25). The Labute approximate surface area is 589 Å². The minimum Gasteiger partial charge on any atom is -0.460 e. The number of aliphatic hydroxyl groups is 2. The molecular formula is C70H138N10O18. The highest BCUT2D eigenvalue weighted by molar-refractivity contribution is 5.71. The van der Waals surface area contributed by atoms with Crippen LogP contribution in [0.5, 0.6) is 0 Å². The van der Waals surface area contributed by atoms with Gasteiger partial charge >= 0.3 is 48.5 Å². The van der Waals surface area contributed by atoms with Gasteiger partial charge in [-0.1, -0.05) is 0 Å². The topological polar surface area (TPSA) is 336 Å². The third-order valence-corrected chi connectivity index (χ3v) is 12.9. The Morgan fingerprint density at radius 3 is 0.684 bits per heavy atom. The third-order valence-electron chi connectivity index (χ3n) is 12.9. The fraction of sp³-hybridized carbons (Fsp3) is 0.886. The molecule has 0 aliphatic rings. The van der Waals surface area contributed by atoms with Crippen molar-refractivity contribution in [2.24, 2.45) is 0 Å². The normalized spacial score (nSPS) is 13.4. The number of amides is 6. The number of esters is 2. The quantitative estimate of drug-likeness (QED) is 0.0160. The maximum absolute atomic E-state index is 12.8. The van der Waals surface area contributed by atoms with Gasteiger partial charge in [-0.05, 0) is 269 Å². The minimum atomic E-state index is -0.602. The number of nitrogens with zero attached hydrogens (tertiary/aromatic N) is 4. The Hall–Kier alpha value is -5.68. The summed E-state index contributed by atoms with van der Waals surface area (Å²) in [4.78, 5) is 106. The van der Waals surface area contributed by atoms with Gasteiger partial charge < -0.3 is 89.8 Å². The third kappa shape index (κ3) is 66.2. The predicted molar refractivity (Wildman–Crippen MR) is 381 cm³/mol. The summed E-state index contributed by atoms with van der Waals surface area (Å²) in [5.74, 6) is -0.416. The first kappa shape index (κ1) is 94.4. The van der Waals surface area contributed by atoms with Crippen LogP contribution in [0, 0.1) is 0 Å². The van der Waals surface area contributed by atoms with Crippen LogP contribution in [0.3, 0.4) is 0 Å². The van der Waals surface area contributed by atoms with Gasteiger partial charge in [0.25, 0.3) is 0 Å². The molecule has 0 saturated carbocycles. The Bertz CT molecular complexity index is 2010. The van der Waals surface area contributed by atoms with Gasteiger partial charge in [-0.25, -0.2) is 28.8 Å². The number of aliphatic hydroxyl groups excluding tert-OH is 2. The summed E-state index contributed by atoms with van der Waals surface area (Å²) in [6.07, 6.45) is 2.69. The van der Waals surface area contributed by atoms with Crippen molar-refractivity contribution in [2.45, 2.75) is 287 Å². The van der Waals surface area contributed by atoms with Gasteiger partial charge in [0, 0.05) is 78.3 Å². The molecule has 0 aliphatic carbocycles. The van der Waals surface area contributed by atoms with Crippen molar-refractivity contribution in [2.75, 3.05) is 118 Å². The number of ether oxygens (including phenoxy) is 8. The van der Waals surface area contributed by atoms with Gasteiger partial charge in [-0.15, -0.1) is 0 Å². The average molecular weight is 1410 g/mol. The maximum Gasteiger partial charge on any atom is 0.407 e. The molecule has 0 saturated heterocycles. The largest absolute Gasteiger partial charge is 0.460 e. The summed E-state index contributed by atoms with van der Waals surface area (Å²) < 4.78 is 43.3. The van der Waals surface area contributed by atoms with Crippen molar-refractivity contribution >= 4 is 48.5 Å². The Morgan fingerprint density at radius 2 is 0.480 bits per heavy atom. The lowest BCUT2D eigenvalue weighted by molar-refractivity contribution is -0.156. The summed E-state index contributed by atoms with van der Waals surface area (Å²) in [7, 11) is 0. The number of nitrogens with one attached hydrogen (secondary N) is 6. The highest BCUT2D eigenvalue weighted by atomic mass is 16.6. The molecule has 0 aromatic carbocycles. The molecule has 576 valence electrons. The zero-order chi connectivity index (χ0) is 75.4. The van der Waals surface area contributed by atoms with Crippen LogP contribution in [0.1, 0.15) is 229 Å². The highest BCUT2D eigenvalue weighted by Crippen LogP contribution is 2.15. The second-order valence-electron chi connectivity index (χ2n) is 31.1. The Balaban J connectivity index is 0. The zero-order valence-electron chi connectivity index (χ0n) is 64.7. The van der Waals surface area contributed by atoms with E-state index in [4.69, 9.17) is 37.9 Å². The van der Waals surface area contributed by atoms with E-state index in [9.17, 15) is 48.6 Å². The molecule has 0 aromatic heterocycles. The first-order valence-corrected chi connectivity index (χ1v) is 35.5. The molecular weight excluding hydrogens is 1270 g/mol. The van der Waals surface area contributed by atoms with E-state index in [0.717, 1.165) is 38.8 Å². The van der Waals surface area contributed by atoms with E-state index in [2.05, 4.69) is 51.5 Å². The minimum absolute atomic E-state index is 0.175. The van der Waals surface area contributed by atoms with Crippen molar-refractivity contribution in [3.05, 3.63) is 0 Å². The lowest BCUT2D eigenvalue weighted by atomic mass is 10.2. The van der Waals surface area contributed by atoms with E-state index in [-0.39, 0.29) is 11.9 Å². The molecule has 28 nitrogen and oxygen atoms in total. The van der Waals surface area contributed by atoms with E-state index in [1.807, 2.05) is 76.2 Å². The second-order valence-corrected chi connectivity index (χ2v) is 31.1. The highest BCUT2D eigenvalue weighted by Gasteiger charge is 2.24. The van der Waals surface area contributed by atoms with E-state index in [1.165, 1.54) is 0 Å². The summed E-state index contributed by atoms with van der Waals surface area (Å²) in [6.45, 7) is 49.4. The molecule has 98 heavy (non-hydrogen) atoms. The summed E-state index contributed by atoms with van der Waals surface area (Å²) in [6, 6.07) is 0. The molecule has 0 fully saturated rings. The maximum atomic E-state index is 12.8. The van der Waals surface area contributed by atoms with Crippen molar-refractivity contribution in [3.63, 3.8) is 0 Å². The smallest absolute Gasteiger partial charge is 0.407 e. The van der Waals surface area contributed by atoms with Crippen LogP contribution in [-0.4, -0.2) is 254 Å². The van der Waals surface area contributed by atoms with Crippen molar-refractivity contribution in [1.82, 2.24) is 51.5 Å². The van der Waals surface area contributed by atoms with E-state index in [0.29, 0.717) is 156 Å². The molecule has 6 amide bonds. The summed E-state index contributed by atoms with van der Waals surface area (Å²) in [5.41, 5.74) is -3.29. The van der Waals surface area contributed by atoms with E-state index >= 15 is 0 Å². The number of carbonyl (C=O) groups excluding carboxylic acids is 8. The van der Waals surface area contributed by atoms with Crippen LogP contribution >= 0.6 is 0 Å². The fourth-order valence-corrected chi connectivity index (χ4v) is 9.39. The SMILES string of the molecule is CC(O)CN(CCCCC(=O)OC(C)(C)C)CCCNC(=O)OC(C)(C)C.CC(O)CN(CCCNC(=O)OC(C)CN(CCCCC(=O)OC(C)(C)C)CCCNC(=O)OC(C)(C)C)CCCNC(=O)OC(C)CN(CCCNC(=O)OC(C)(C)C)CCCNC(=O)OC(C)(C)C. The molecule has 4 unspecified atom stereocenters. The number of hydrogen-bond donors (Lipinski definition) is 8. The van der Waals surface area contributed by atoms with Crippen LogP contribution < -0.4 is 31.9 Å². The molecule has 28 heteroatoms. The van der Waals surface area contributed by atoms with Crippen LogP contribution in [0.4, 0.5) is 28.8 Å². The van der Waals surface area contributed by atoms with Gasteiger partial charge in [0.15, 0.2) is 0 Å². The molecule has 0 aromatic rings. The molecule has 0 spiro atoms. The van der Waals surface area contributed by atoms with E-state index in [1.54, 1.807) is 76.2 Å². The number of hydrogen-bond acceptors (Lipinski definition) is 22. The predicted octanol–water partition coefficient (Wildman–Crippen LogP) is 9.64. The Kier molecular flexibility index (Phi) is 47.9. The van der Waals surface area contributed by atoms with Gasteiger partial charge in [-0.3, -0.25) is 19.4 Å². The molecule has 0 radical (unpaired) electrons. The Morgan fingerprint density at radius 1 is 0.286 bits per heavy atom. The van der Waals surface area contributed by atoms with Gasteiger partial charge in [0.05, 0.1) is 12.2 Å². The molecule has 4 atom stereocenters. The number of rotatable bonds is 44. The van der Waals surface area contributed by atoms with Crippen LogP contribution in [0.2, 0.25) is 0 Å². The summed E-state index contributed by atoms with van der Waals surface area (Å²) in [5, 5.41) is 36.5. The monoisotopic (exact) mass is 1410 g/mol.